The van der Waals surface area contributed by atoms with Gasteiger partial charge in [-0.2, -0.15) is 8.78 Å². The number of Topliss-reactive ketones (excluding diaryl/α,β-unsaturated/α-hetero) is 1. The van der Waals surface area contributed by atoms with E-state index in [2.05, 4.69) is 4.74 Å². The number of hydrogen-bond donors (Lipinski definition) is 0. The molecule has 0 fully saturated rings. The number of ketones is 1. The number of hydrogen-bond acceptors (Lipinski definition) is 2. The van der Waals surface area contributed by atoms with Crippen LogP contribution in [0.2, 0.25) is 0 Å². The Bertz CT molecular complexity index is 352. The van der Waals surface area contributed by atoms with Crippen molar-refractivity contribution < 1.29 is 27.1 Å². The fourth-order valence-corrected chi connectivity index (χ4v) is 0.952. The highest BCUT2D eigenvalue weighted by atomic mass is 19.3. The number of benzene rings is 1. The van der Waals surface area contributed by atoms with Gasteiger partial charge in [0.1, 0.15) is 5.75 Å². The Morgan fingerprint density at radius 2 is 1.87 bits per heavy atom. The van der Waals surface area contributed by atoms with Gasteiger partial charge in [0.15, 0.2) is 0 Å². The molecule has 1 rings (SSSR count). The van der Waals surface area contributed by atoms with E-state index in [0.717, 1.165) is 18.2 Å². The number of alkyl halides is 4. The third-order valence-electron chi connectivity index (χ3n) is 1.54. The summed E-state index contributed by atoms with van der Waals surface area (Å²) in [5.74, 6) is -1.74. The second-order valence-electron chi connectivity index (χ2n) is 2.57. The molecule has 0 atom stereocenters. The van der Waals surface area contributed by atoms with Crippen molar-refractivity contribution in [1.82, 2.24) is 0 Å². The first kappa shape index (κ1) is 11.5. The molecule has 1 aromatic carbocycles. The fourth-order valence-electron chi connectivity index (χ4n) is 0.952. The molecule has 0 bridgehead atoms. The van der Waals surface area contributed by atoms with Gasteiger partial charge in [0.2, 0.25) is 5.78 Å². The maximum absolute atomic E-state index is 12.0. The highest BCUT2D eigenvalue weighted by Crippen LogP contribution is 2.17. The molecule has 0 aliphatic carbocycles. The summed E-state index contributed by atoms with van der Waals surface area (Å²) in [7, 11) is 0. The van der Waals surface area contributed by atoms with Crippen molar-refractivity contribution in [3.05, 3.63) is 29.8 Å². The standard InChI is InChI=1S/C9H6F4O2/c10-8(11)7(14)5-2-1-3-6(4-5)15-9(12)13/h1-4,8-9H. The zero-order valence-electron chi connectivity index (χ0n) is 7.29. The lowest BCUT2D eigenvalue weighted by Crippen LogP contribution is -2.10. The van der Waals surface area contributed by atoms with Gasteiger partial charge in [-0.1, -0.05) is 12.1 Å². The van der Waals surface area contributed by atoms with Crippen LogP contribution in [-0.2, 0) is 0 Å². The largest absolute Gasteiger partial charge is 0.435 e. The molecular formula is C9H6F4O2. The van der Waals surface area contributed by atoms with Crippen LogP contribution >= 0.6 is 0 Å². The minimum absolute atomic E-state index is 0.323. The Labute approximate surface area is 82.5 Å². The zero-order chi connectivity index (χ0) is 11.4. The van der Waals surface area contributed by atoms with E-state index in [1.807, 2.05) is 0 Å². The van der Waals surface area contributed by atoms with Crippen molar-refractivity contribution >= 4 is 5.78 Å². The molecule has 0 aliphatic heterocycles. The van der Waals surface area contributed by atoms with E-state index in [1.54, 1.807) is 0 Å². The van der Waals surface area contributed by atoms with Crippen LogP contribution in [0.15, 0.2) is 24.3 Å². The lowest BCUT2D eigenvalue weighted by atomic mass is 10.1. The molecule has 0 aromatic heterocycles. The summed E-state index contributed by atoms with van der Waals surface area (Å²) in [5, 5.41) is 0. The SMILES string of the molecule is O=C(c1cccc(OC(F)F)c1)C(F)F. The van der Waals surface area contributed by atoms with Crippen LogP contribution in [0.1, 0.15) is 10.4 Å². The molecule has 0 N–H and O–H groups in total. The van der Waals surface area contributed by atoms with Crippen molar-refractivity contribution in [3.8, 4) is 5.75 Å². The van der Waals surface area contributed by atoms with Crippen molar-refractivity contribution in [3.63, 3.8) is 0 Å². The van der Waals surface area contributed by atoms with Gasteiger partial charge in [0.05, 0.1) is 0 Å². The molecule has 0 unspecified atom stereocenters. The Morgan fingerprint density at radius 3 is 2.40 bits per heavy atom. The van der Waals surface area contributed by atoms with E-state index in [0.29, 0.717) is 0 Å². The Balaban J connectivity index is 2.87. The third-order valence-corrected chi connectivity index (χ3v) is 1.54. The smallest absolute Gasteiger partial charge is 0.387 e. The molecule has 2 nitrogen and oxygen atoms in total. The summed E-state index contributed by atoms with van der Waals surface area (Å²) in [6.07, 6.45) is -3.16. The molecule has 0 saturated heterocycles. The molecule has 82 valence electrons. The summed E-state index contributed by atoms with van der Waals surface area (Å²) >= 11 is 0. The summed E-state index contributed by atoms with van der Waals surface area (Å²) in [4.78, 5) is 10.8. The molecule has 0 spiro atoms. The topological polar surface area (TPSA) is 26.3 Å². The minimum Gasteiger partial charge on any atom is -0.435 e. The zero-order valence-corrected chi connectivity index (χ0v) is 7.29. The predicted octanol–water partition coefficient (Wildman–Crippen LogP) is 2.74. The summed E-state index contributed by atoms with van der Waals surface area (Å²) < 4.78 is 51.4. The quantitative estimate of drug-likeness (QED) is 0.578. The first-order chi connectivity index (χ1) is 7.00. The van der Waals surface area contributed by atoms with Crippen molar-refractivity contribution in [2.75, 3.05) is 0 Å². The highest BCUT2D eigenvalue weighted by molar-refractivity contribution is 5.98. The normalized spacial score (nSPS) is 10.8. The van der Waals surface area contributed by atoms with E-state index >= 15 is 0 Å². The number of halogens is 4. The van der Waals surface area contributed by atoms with Gasteiger partial charge in [-0.05, 0) is 12.1 Å². The number of rotatable bonds is 4. The highest BCUT2D eigenvalue weighted by Gasteiger charge is 2.18. The van der Waals surface area contributed by atoms with Gasteiger partial charge in [0, 0.05) is 5.56 Å². The molecule has 15 heavy (non-hydrogen) atoms. The number of carbonyl (C=O) groups excluding carboxylic acids is 1. The molecule has 0 radical (unpaired) electrons. The van der Waals surface area contributed by atoms with Gasteiger partial charge in [-0.15, -0.1) is 0 Å². The second kappa shape index (κ2) is 4.77. The molecule has 0 aliphatic rings. The van der Waals surface area contributed by atoms with E-state index in [1.165, 1.54) is 6.07 Å². The lowest BCUT2D eigenvalue weighted by Gasteiger charge is -2.05. The maximum Gasteiger partial charge on any atom is 0.387 e. The molecule has 6 heteroatoms. The summed E-state index contributed by atoms with van der Waals surface area (Å²) in [6.45, 7) is -3.05. The third kappa shape index (κ3) is 3.23. The van der Waals surface area contributed by atoms with Crippen LogP contribution in [0, 0.1) is 0 Å². The summed E-state index contributed by atoms with van der Waals surface area (Å²) in [6, 6.07) is 4.29. The van der Waals surface area contributed by atoms with E-state index in [-0.39, 0.29) is 11.3 Å². The van der Waals surface area contributed by atoms with Gasteiger partial charge in [-0.25, -0.2) is 8.78 Å². The van der Waals surface area contributed by atoms with Crippen molar-refractivity contribution in [2.45, 2.75) is 13.0 Å². The Kier molecular flexibility index (Phi) is 3.65. The van der Waals surface area contributed by atoms with Crippen molar-refractivity contribution in [1.29, 1.82) is 0 Å². The van der Waals surface area contributed by atoms with Crippen LogP contribution in [0.3, 0.4) is 0 Å². The maximum atomic E-state index is 12.0. The van der Waals surface area contributed by atoms with Gasteiger partial charge in [0.25, 0.3) is 0 Å². The molecule has 0 heterocycles. The van der Waals surface area contributed by atoms with Crippen molar-refractivity contribution in [2.24, 2.45) is 0 Å². The van der Waals surface area contributed by atoms with Gasteiger partial charge in [-0.3, -0.25) is 4.79 Å². The van der Waals surface area contributed by atoms with Gasteiger partial charge >= 0.3 is 13.0 Å². The Hall–Kier alpha value is -1.59. The molecule has 0 saturated carbocycles. The average Bonchev–Trinajstić information content (AvgIpc) is 2.16. The average molecular weight is 222 g/mol. The van der Waals surface area contributed by atoms with Gasteiger partial charge < -0.3 is 4.74 Å². The second-order valence-corrected chi connectivity index (χ2v) is 2.57. The van der Waals surface area contributed by atoms with Crippen LogP contribution < -0.4 is 4.74 Å². The predicted molar refractivity (Wildman–Crippen MR) is 43.4 cm³/mol. The lowest BCUT2D eigenvalue weighted by molar-refractivity contribution is -0.0498. The van der Waals surface area contributed by atoms with E-state index in [9.17, 15) is 22.4 Å². The minimum atomic E-state index is -3.16. The molecular weight excluding hydrogens is 216 g/mol. The number of carbonyl (C=O) groups is 1. The first-order valence-corrected chi connectivity index (χ1v) is 3.88. The van der Waals surface area contributed by atoms with Crippen LogP contribution in [0.25, 0.3) is 0 Å². The fraction of sp³-hybridized carbons (Fsp3) is 0.222. The van der Waals surface area contributed by atoms with Crippen LogP contribution in [-0.4, -0.2) is 18.8 Å². The van der Waals surface area contributed by atoms with Crippen LogP contribution in [0.4, 0.5) is 17.6 Å². The molecule has 0 amide bonds. The number of ether oxygens (including phenoxy) is 1. The monoisotopic (exact) mass is 222 g/mol. The first-order valence-electron chi connectivity index (χ1n) is 3.88. The summed E-state index contributed by atoms with van der Waals surface area (Å²) in [5.41, 5.74) is -0.358. The van der Waals surface area contributed by atoms with Crippen LogP contribution in [0.5, 0.6) is 5.75 Å². The van der Waals surface area contributed by atoms with E-state index < -0.39 is 18.8 Å². The Morgan fingerprint density at radius 1 is 1.20 bits per heavy atom. The van der Waals surface area contributed by atoms with E-state index in [4.69, 9.17) is 0 Å². The molecule has 1 aromatic rings.